The molecule has 3 rings (SSSR count). The molecule has 2 N–H and O–H groups in total. The van der Waals surface area contributed by atoms with Gasteiger partial charge in [0.25, 0.3) is 0 Å². The summed E-state index contributed by atoms with van der Waals surface area (Å²) in [5.41, 5.74) is 3.41. The summed E-state index contributed by atoms with van der Waals surface area (Å²) in [4.78, 5) is 38.1. The molecule has 1 aliphatic rings. The van der Waals surface area contributed by atoms with Gasteiger partial charge in [0.2, 0.25) is 5.91 Å². The van der Waals surface area contributed by atoms with Gasteiger partial charge in [-0.2, -0.15) is 0 Å². The number of carboxylic acid groups (broad SMARTS) is 1. The molecular weight excluding hydrogens is 420 g/mol. The van der Waals surface area contributed by atoms with E-state index in [1.807, 2.05) is 31.2 Å². The molecule has 2 aromatic carbocycles. The van der Waals surface area contributed by atoms with Gasteiger partial charge in [0, 0.05) is 25.9 Å². The van der Waals surface area contributed by atoms with E-state index in [0.717, 1.165) is 22.3 Å². The molecule has 2 amide bonds. The SMILES string of the molecule is CCCC(C)(NC(=O)OCC1c2ccccc2-c2ccccc21)C(=O)N(C)CCCC(=O)O. The van der Waals surface area contributed by atoms with E-state index in [4.69, 9.17) is 9.84 Å². The van der Waals surface area contributed by atoms with Crippen molar-refractivity contribution in [3.05, 3.63) is 59.7 Å². The van der Waals surface area contributed by atoms with Gasteiger partial charge < -0.3 is 20.1 Å². The third kappa shape index (κ3) is 5.53. The minimum Gasteiger partial charge on any atom is -0.481 e. The van der Waals surface area contributed by atoms with E-state index in [2.05, 4.69) is 29.6 Å². The molecule has 0 spiro atoms. The Kier molecular flexibility index (Phi) is 7.74. The zero-order valence-electron chi connectivity index (χ0n) is 19.5. The molecule has 0 aromatic heterocycles. The number of nitrogens with zero attached hydrogens (tertiary/aromatic N) is 1. The Bertz CT molecular complexity index is 976. The molecule has 176 valence electrons. The normalized spacial score (nSPS) is 14.0. The largest absolute Gasteiger partial charge is 0.481 e. The quantitative estimate of drug-likeness (QED) is 0.557. The Balaban J connectivity index is 1.66. The van der Waals surface area contributed by atoms with Gasteiger partial charge >= 0.3 is 12.1 Å². The Morgan fingerprint density at radius 3 is 2.18 bits per heavy atom. The van der Waals surface area contributed by atoms with Crippen molar-refractivity contribution in [2.24, 2.45) is 0 Å². The molecule has 0 saturated carbocycles. The molecule has 0 heterocycles. The standard InChI is InChI=1S/C26H32N2O5/c1-4-15-26(2,24(31)28(3)16-9-14-23(29)30)27-25(32)33-17-22-20-12-7-5-10-18(20)19-11-6-8-13-21(19)22/h5-8,10-13,22H,4,9,14-17H2,1-3H3,(H,27,32)(H,29,30). The first kappa shape index (κ1) is 24.3. The van der Waals surface area contributed by atoms with Gasteiger partial charge in [-0.05, 0) is 42.0 Å². The number of carbonyl (C=O) groups is 3. The Hall–Kier alpha value is -3.35. The summed E-state index contributed by atoms with van der Waals surface area (Å²) in [6.45, 7) is 4.10. The van der Waals surface area contributed by atoms with E-state index in [0.29, 0.717) is 25.8 Å². The number of hydrogen-bond acceptors (Lipinski definition) is 4. The van der Waals surface area contributed by atoms with Crippen LogP contribution in [0.4, 0.5) is 4.79 Å². The third-order valence-corrected chi connectivity index (χ3v) is 6.17. The van der Waals surface area contributed by atoms with Crippen molar-refractivity contribution in [3.63, 3.8) is 0 Å². The number of nitrogens with one attached hydrogen (secondary N) is 1. The van der Waals surface area contributed by atoms with Crippen LogP contribution in [-0.2, 0) is 14.3 Å². The van der Waals surface area contributed by atoms with Crippen molar-refractivity contribution in [2.75, 3.05) is 20.2 Å². The van der Waals surface area contributed by atoms with Crippen LogP contribution in [0.2, 0.25) is 0 Å². The number of amides is 2. The zero-order valence-corrected chi connectivity index (χ0v) is 19.5. The van der Waals surface area contributed by atoms with Crippen molar-refractivity contribution >= 4 is 18.0 Å². The lowest BCUT2D eigenvalue weighted by molar-refractivity contribution is -0.139. The summed E-state index contributed by atoms with van der Waals surface area (Å²) in [6, 6.07) is 16.2. The summed E-state index contributed by atoms with van der Waals surface area (Å²) in [6.07, 6.45) is 0.834. The van der Waals surface area contributed by atoms with E-state index in [1.54, 1.807) is 14.0 Å². The number of likely N-dealkylation sites (N-methyl/N-ethyl adjacent to an activating group) is 1. The highest BCUT2D eigenvalue weighted by atomic mass is 16.5. The summed E-state index contributed by atoms with van der Waals surface area (Å²) < 4.78 is 5.63. The van der Waals surface area contributed by atoms with E-state index < -0.39 is 17.6 Å². The molecule has 1 unspecified atom stereocenters. The first-order chi connectivity index (χ1) is 15.8. The third-order valence-electron chi connectivity index (χ3n) is 6.17. The highest BCUT2D eigenvalue weighted by Crippen LogP contribution is 2.44. The second-order valence-corrected chi connectivity index (χ2v) is 8.76. The highest BCUT2D eigenvalue weighted by molar-refractivity contribution is 5.89. The minimum absolute atomic E-state index is 0.0120. The molecule has 0 aliphatic heterocycles. The summed E-state index contributed by atoms with van der Waals surface area (Å²) in [7, 11) is 1.62. The fourth-order valence-corrected chi connectivity index (χ4v) is 4.57. The molecule has 1 atom stereocenters. The number of fused-ring (bicyclic) bond motifs is 3. The van der Waals surface area contributed by atoms with Gasteiger partial charge in [0.15, 0.2) is 0 Å². The van der Waals surface area contributed by atoms with E-state index >= 15 is 0 Å². The van der Waals surface area contributed by atoms with Crippen LogP contribution in [0.1, 0.15) is 56.6 Å². The Morgan fingerprint density at radius 1 is 1.06 bits per heavy atom. The molecule has 0 radical (unpaired) electrons. The first-order valence-corrected chi connectivity index (χ1v) is 11.4. The molecule has 7 nitrogen and oxygen atoms in total. The fourth-order valence-electron chi connectivity index (χ4n) is 4.57. The number of ether oxygens (including phenoxy) is 1. The molecular formula is C26H32N2O5. The van der Waals surface area contributed by atoms with Crippen LogP contribution >= 0.6 is 0 Å². The van der Waals surface area contributed by atoms with E-state index in [1.165, 1.54) is 4.90 Å². The molecule has 0 saturated heterocycles. The summed E-state index contributed by atoms with van der Waals surface area (Å²) in [5.74, 6) is -1.22. The van der Waals surface area contributed by atoms with Gasteiger partial charge in [-0.3, -0.25) is 9.59 Å². The first-order valence-electron chi connectivity index (χ1n) is 11.4. The lowest BCUT2D eigenvalue weighted by Crippen LogP contribution is -2.57. The molecule has 33 heavy (non-hydrogen) atoms. The lowest BCUT2D eigenvalue weighted by Gasteiger charge is -2.33. The van der Waals surface area contributed by atoms with Crippen molar-refractivity contribution in [2.45, 2.75) is 51.0 Å². The van der Waals surface area contributed by atoms with Crippen LogP contribution in [0.25, 0.3) is 11.1 Å². The maximum Gasteiger partial charge on any atom is 0.408 e. The Morgan fingerprint density at radius 2 is 1.64 bits per heavy atom. The average molecular weight is 453 g/mol. The van der Waals surface area contributed by atoms with E-state index in [9.17, 15) is 14.4 Å². The summed E-state index contributed by atoms with van der Waals surface area (Å²) in [5, 5.41) is 11.6. The second-order valence-electron chi connectivity index (χ2n) is 8.76. The number of carbonyl (C=O) groups excluding carboxylic acids is 2. The van der Waals surface area contributed by atoms with Crippen molar-refractivity contribution in [1.82, 2.24) is 10.2 Å². The monoisotopic (exact) mass is 452 g/mol. The molecule has 0 fully saturated rings. The number of carboxylic acids is 1. The molecule has 2 aromatic rings. The van der Waals surface area contributed by atoms with Gasteiger partial charge in [-0.1, -0.05) is 61.9 Å². The predicted molar refractivity (Wildman–Crippen MR) is 126 cm³/mol. The maximum atomic E-state index is 13.1. The number of alkyl carbamates (subject to hydrolysis) is 1. The number of hydrogen-bond donors (Lipinski definition) is 2. The molecule has 1 aliphatic carbocycles. The van der Waals surface area contributed by atoms with Crippen molar-refractivity contribution < 1.29 is 24.2 Å². The Labute approximate surface area is 194 Å². The second kappa shape index (κ2) is 10.5. The lowest BCUT2D eigenvalue weighted by atomic mass is 9.94. The highest BCUT2D eigenvalue weighted by Gasteiger charge is 2.37. The smallest absolute Gasteiger partial charge is 0.408 e. The fraction of sp³-hybridized carbons (Fsp3) is 0.423. The van der Waals surface area contributed by atoms with Gasteiger partial charge in [0.05, 0.1) is 0 Å². The van der Waals surface area contributed by atoms with Crippen LogP contribution in [-0.4, -0.2) is 53.7 Å². The average Bonchev–Trinajstić information content (AvgIpc) is 3.10. The van der Waals surface area contributed by atoms with E-state index in [-0.39, 0.29) is 24.9 Å². The zero-order chi connectivity index (χ0) is 24.0. The van der Waals surface area contributed by atoms with Crippen LogP contribution in [0.15, 0.2) is 48.5 Å². The van der Waals surface area contributed by atoms with Crippen LogP contribution in [0.5, 0.6) is 0 Å². The molecule has 0 bridgehead atoms. The van der Waals surface area contributed by atoms with Crippen molar-refractivity contribution in [1.29, 1.82) is 0 Å². The van der Waals surface area contributed by atoms with Gasteiger partial charge in [-0.15, -0.1) is 0 Å². The number of rotatable bonds is 10. The van der Waals surface area contributed by atoms with Gasteiger partial charge in [0.1, 0.15) is 12.1 Å². The van der Waals surface area contributed by atoms with Gasteiger partial charge in [-0.25, -0.2) is 4.79 Å². The van der Waals surface area contributed by atoms with Crippen LogP contribution in [0, 0.1) is 0 Å². The van der Waals surface area contributed by atoms with Crippen LogP contribution < -0.4 is 5.32 Å². The van der Waals surface area contributed by atoms with Crippen molar-refractivity contribution in [3.8, 4) is 11.1 Å². The number of aliphatic carboxylic acids is 1. The predicted octanol–water partition coefficient (Wildman–Crippen LogP) is 4.41. The maximum absolute atomic E-state index is 13.1. The summed E-state index contributed by atoms with van der Waals surface area (Å²) >= 11 is 0. The topological polar surface area (TPSA) is 95.9 Å². The van der Waals surface area contributed by atoms with Crippen LogP contribution in [0.3, 0.4) is 0 Å². The number of benzene rings is 2. The minimum atomic E-state index is -1.13. The molecule has 7 heteroatoms.